The number of allylic oxidation sites excluding steroid dienone is 8. The maximum atomic E-state index is 13.6. The van der Waals surface area contributed by atoms with E-state index < -0.39 is 22.7 Å². The highest BCUT2D eigenvalue weighted by Gasteiger charge is 2.37. The van der Waals surface area contributed by atoms with Crippen molar-refractivity contribution < 1.29 is 24.6 Å². The molecule has 0 saturated heterocycles. The number of aromatic hydroxyl groups is 1. The molecule has 2 amide bonds. The summed E-state index contributed by atoms with van der Waals surface area (Å²) in [5.41, 5.74) is -0.0689. The topological polar surface area (TPSA) is 116 Å². The molecule has 0 spiro atoms. The predicted octanol–water partition coefficient (Wildman–Crippen LogP) is 8.05. The Bertz CT molecular complexity index is 1100. The summed E-state index contributed by atoms with van der Waals surface area (Å²) in [6, 6.07) is 3.07. The van der Waals surface area contributed by atoms with Crippen molar-refractivity contribution in [3.63, 3.8) is 0 Å². The smallest absolute Gasteiger partial charge is 0.339 e. The first-order valence-corrected chi connectivity index (χ1v) is 16.0. The number of rotatable bonds is 20. The molecule has 7 nitrogen and oxygen atoms in total. The molecule has 1 atom stereocenters. The molecule has 1 aromatic carbocycles. The third-order valence-corrected chi connectivity index (χ3v) is 8.52. The second-order valence-electron chi connectivity index (χ2n) is 10.5. The number of anilines is 1. The fraction of sp³-hybridized carbons (Fsp3) is 0.500. The van der Waals surface area contributed by atoms with Crippen LogP contribution < -0.4 is 10.6 Å². The number of phenols is 1. The van der Waals surface area contributed by atoms with Crippen LogP contribution in [0.3, 0.4) is 0 Å². The molecular formula is C34H50N2O5S. The number of carbonyl (C=O) groups excluding carboxylic acids is 2. The number of benzene rings is 1. The number of hydrogen-bond acceptors (Lipinski definition) is 5. The van der Waals surface area contributed by atoms with Crippen LogP contribution in [-0.4, -0.2) is 44.5 Å². The van der Waals surface area contributed by atoms with E-state index >= 15 is 0 Å². The van der Waals surface area contributed by atoms with Crippen LogP contribution in [0.2, 0.25) is 0 Å². The minimum Gasteiger partial charge on any atom is -0.507 e. The second kappa shape index (κ2) is 20.6. The van der Waals surface area contributed by atoms with Crippen molar-refractivity contribution in [1.29, 1.82) is 0 Å². The summed E-state index contributed by atoms with van der Waals surface area (Å²) in [4.78, 5) is 38.1. The average molecular weight is 599 g/mol. The second-order valence-corrected chi connectivity index (χ2v) is 12.0. The quantitative estimate of drug-likeness (QED) is 0.0686. The standard InChI is InChI=1S/C34H50N2O5S/c1-6-9-10-11-12-13-14-15-16-17-18-19-20-23-42-34(7-2,8-3)33(41)36-29(24-26(4)5)31(38)35-27-21-22-30(37)28(25-27)32(39)40/h9-10,12-13,15-16,18-19,21-22,25-26,29,37H,6-8,11,14,17,20,23-24H2,1-5H3,(H,35,38)(H,36,41)(H,39,40). The largest absolute Gasteiger partial charge is 0.507 e. The van der Waals surface area contributed by atoms with E-state index in [1.165, 1.54) is 18.2 Å². The van der Waals surface area contributed by atoms with E-state index in [4.69, 9.17) is 0 Å². The van der Waals surface area contributed by atoms with Crippen molar-refractivity contribution in [2.75, 3.05) is 11.1 Å². The molecule has 1 unspecified atom stereocenters. The third kappa shape index (κ3) is 13.6. The maximum Gasteiger partial charge on any atom is 0.339 e. The van der Waals surface area contributed by atoms with Gasteiger partial charge in [0, 0.05) is 5.69 Å². The van der Waals surface area contributed by atoms with Gasteiger partial charge in [-0.25, -0.2) is 4.79 Å². The van der Waals surface area contributed by atoms with Crippen molar-refractivity contribution in [1.82, 2.24) is 5.32 Å². The van der Waals surface area contributed by atoms with Crippen molar-refractivity contribution in [3.05, 3.63) is 72.4 Å². The van der Waals surface area contributed by atoms with Crippen LogP contribution in [0.1, 0.15) is 96.3 Å². The number of aromatic carboxylic acids is 1. The van der Waals surface area contributed by atoms with Crippen LogP contribution in [0.15, 0.2) is 66.8 Å². The lowest BCUT2D eigenvalue weighted by atomic mass is 9.98. The lowest BCUT2D eigenvalue weighted by Crippen LogP contribution is -2.52. The fourth-order valence-electron chi connectivity index (χ4n) is 4.27. The molecule has 0 aliphatic rings. The first-order valence-electron chi connectivity index (χ1n) is 15.0. The average Bonchev–Trinajstić information content (AvgIpc) is 2.95. The first kappa shape index (κ1) is 36.8. The summed E-state index contributed by atoms with van der Waals surface area (Å²) >= 11 is 1.62. The molecule has 0 aliphatic heterocycles. The summed E-state index contributed by atoms with van der Waals surface area (Å²) in [6.07, 6.45) is 23.7. The molecule has 232 valence electrons. The first-order chi connectivity index (χ1) is 20.1. The van der Waals surface area contributed by atoms with Crippen LogP contribution >= 0.6 is 11.8 Å². The molecule has 0 aliphatic carbocycles. The number of nitrogens with one attached hydrogen (secondary N) is 2. The lowest BCUT2D eigenvalue weighted by Gasteiger charge is -2.32. The Kier molecular flexibility index (Phi) is 18.0. The van der Waals surface area contributed by atoms with E-state index in [0.29, 0.717) is 19.3 Å². The van der Waals surface area contributed by atoms with Gasteiger partial charge < -0.3 is 20.8 Å². The van der Waals surface area contributed by atoms with Gasteiger partial charge >= 0.3 is 5.97 Å². The van der Waals surface area contributed by atoms with Gasteiger partial charge in [0.15, 0.2) is 0 Å². The molecule has 0 saturated carbocycles. The molecule has 0 bridgehead atoms. The Morgan fingerprint density at radius 2 is 1.48 bits per heavy atom. The Hall–Kier alpha value is -3.26. The monoisotopic (exact) mass is 598 g/mol. The van der Waals surface area contributed by atoms with Gasteiger partial charge in [-0.1, -0.05) is 83.2 Å². The van der Waals surface area contributed by atoms with Crippen molar-refractivity contribution in [3.8, 4) is 5.75 Å². The number of carbonyl (C=O) groups is 3. The minimum atomic E-state index is -1.30. The van der Waals surface area contributed by atoms with Gasteiger partial charge in [-0.05, 0) is 81.2 Å². The third-order valence-electron chi connectivity index (χ3n) is 6.76. The Morgan fingerprint density at radius 1 is 0.905 bits per heavy atom. The number of amides is 2. The van der Waals surface area contributed by atoms with Crippen LogP contribution in [0.25, 0.3) is 0 Å². The van der Waals surface area contributed by atoms with E-state index in [1.54, 1.807) is 11.8 Å². The molecule has 42 heavy (non-hydrogen) atoms. The van der Waals surface area contributed by atoms with Gasteiger partial charge in [-0.3, -0.25) is 9.59 Å². The van der Waals surface area contributed by atoms with Crippen LogP contribution in [0.4, 0.5) is 5.69 Å². The van der Waals surface area contributed by atoms with E-state index in [0.717, 1.165) is 37.9 Å². The van der Waals surface area contributed by atoms with Gasteiger partial charge in [0.05, 0.1) is 4.75 Å². The number of thioether (sulfide) groups is 1. The van der Waals surface area contributed by atoms with E-state index in [1.807, 2.05) is 27.7 Å². The summed E-state index contributed by atoms with van der Waals surface area (Å²) in [6.45, 7) is 10.1. The highest BCUT2D eigenvalue weighted by molar-refractivity contribution is 8.01. The van der Waals surface area contributed by atoms with Gasteiger partial charge in [0.1, 0.15) is 17.4 Å². The van der Waals surface area contributed by atoms with Gasteiger partial charge in [-0.2, -0.15) is 0 Å². The molecule has 0 radical (unpaired) electrons. The highest BCUT2D eigenvalue weighted by atomic mass is 32.2. The molecule has 0 heterocycles. The van der Waals surface area contributed by atoms with Crippen molar-refractivity contribution in [2.24, 2.45) is 5.92 Å². The number of carboxylic acids is 1. The Morgan fingerprint density at radius 3 is 2.00 bits per heavy atom. The molecule has 0 fully saturated rings. The van der Waals surface area contributed by atoms with Gasteiger partial charge in [0.25, 0.3) is 0 Å². The van der Waals surface area contributed by atoms with Gasteiger partial charge in [0.2, 0.25) is 11.8 Å². The zero-order valence-corrected chi connectivity index (χ0v) is 26.7. The van der Waals surface area contributed by atoms with Crippen LogP contribution in [-0.2, 0) is 9.59 Å². The summed E-state index contributed by atoms with van der Waals surface area (Å²) in [5.74, 6) is -1.35. The lowest BCUT2D eigenvalue weighted by molar-refractivity contribution is -0.128. The van der Waals surface area contributed by atoms with Gasteiger partial charge in [-0.15, -0.1) is 11.8 Å². The normalized spacial score (nSPS) is 13.1. The molecule has 4 N–H and O–H groups in total. The molecular weight excluding hydrogens is 548 g/mol. The maximum absolute atomic E-state index is 13.6. The zero-order valence-electron chi connectivity index (χ0n) is 25.9. The van der Waals surface area contributed by atoms with E-state index in [2.05, 4.69) is 66.2 Å². The minimum absolute atomic E-state index is 0.138. The number of carboxylic acid groups (broad SMARTS) is 1. The summed E-state index contributed by atoms with van der Waals surface area (Å²) in [7, 11) is 0. The highest BCUT2D eigenvalue weighted by Crippen LogP contribution is 2.34. The Labute approximate surface area is 256 Å². The SMILES string of the molecule is CCC=CCC=CCC=CCC=CCCSC(CC)(CC)C(=O)NC(CC(C)C)C(=O)Nc1ccc(O)c(C(=O)O)c1. The summed E-state index contributed by atoms with van der Waals surface area (Å²) in [5, 5.41) is 24.7. The van der Waals surface area contributed by atoms with E-state index in [-0.39, 0.29) is 28.8 Å². The molecule has 1 rings (SSSR count). The van der Waals surface area contributed by atoms with E-state index in [9.17, 15) is 24.6 Å². The van der Waals surface area contributed by atoms with Crippen LogP contribution in [0.5, 0.6) is 5.75 Å². The zero-order chi connectivity index (χ0) is 31.4. The fourth-order valence-corrected chi connectivity index (χ4v) is 5.51. The number of hydrogen-bond donors (Lipinski definition) is 4. The van der Waals surface area contributed by atoms with Crippen molar-refractivity contribution in [2.45, 2.75) is 96.8 Å². The Balaban J connectivity index is 2.71. The predicted molar refractivity (Wildman–Crippen MR) is 176 cm³/mol. The van der Waals surface area contributed by atoms with Crippen molar-refractivity contribution >= 4 is 35.2 Å². The van der Waals surface area contributed by atoms with Crippen LogP contribution in [0, 0.1) is 5.92 Å². The summed E-state index contributed by atoms with van der Waals surface area (Å²) < 4.78 is -0.656. The molecule has 0 aromatic heterocycles. The molecule has 1 aromatic rings. The molecule has 8 heteroatoms.